The van der Waals surface area contributed by atoms with Crippen LogP contribution in [0.2, 0.25) is 0 Å². The van der Waals surface area contributed by atoms with E-state index in [2.05, 4.69) is 19.9 Å². The standard InChI is InChI=1S/C36H8F8N6O2S4/c37-23-21(24(38)30(42)49-29(23)41)27(51)33-45-13-1-9-7-19-15(3-11(9)5-17(13)53-33)47-35(55-19)36-48-16-4-12-6-18-14(2-10(12)8-20(16)56-36)46-34(54-18)28(52)22-25(39)31(43)50-32(44)26(22)40/h1-8H. The minimum absolute atomic E-state index is 0.323. The molecule has 10 rings (SSSR count). The van der Waals surface area contributed by atoms with Crippen LogP contribution in [-0.2, 0) is 0 Å². The van der Waals surface area contributed by atoms with E-state index >= 15 is 0 Å². The van der Waals surface area contributed by atoms with E-state index in [4.69, 9.17) is 9.97 Å². The molecule has 0 aliphatic heterocycles. The molecule has 0 aliphatic carbocycles. The van der Waals surface area contributed by atoms with E-state index in [1.165, 1.54) is 22.7 Å². The van der Waals surface area contributed by atoms with Gasteiger partial charge in [0.25, 0.3) is 23.8 Å². The molecule has 0 saturated heterocycles. The quantitative estimate of drug-likeness (QED) is 0.0957. The minimum atomic E-state index is -1.95. The minimum Gasteiger partial charge on any atom is -0.286 e. The topological polar surface area (TPSA) is 111 Å². The van der Waals surface area contributed by atoms with E-state index in [1.54, 1.807) is 24.3 Å². The van der Waals surface area contributed by atoms with Crippen molar-refractivity contribution in [2.75, 3.05) is 0 Å². The third kappa shape index (κ3) is 5.27. The number of aromatic nitrogens is 6. The van der Waals surface area contributed by atoms with Gasteiger partial charge in [0.2, 0.25) is 11.6 Å². The van der Waals surface area contributed by atoms with Crippen LogP contribution in [0.5, 0.6) is 0 Å². The van der Waals surface area contributed by atoms with Crippen LogP contribution in [0, 0.1) is 47.1 Å². The number of nitrogens with zero attached hydrogens (tertiary/aromatic N) is 6. The van der Waals surface area contributed by atoms with E-state index in [1.807, 2.05) is 24.3 Å². The molecule has 0 bridgehead atoms. The fourth-order valence-electron chi connectivity index (χ4n) is 6.15. The highest BCUT2D eigenvalue weighted by Crippen LogP contribution is 2.40. The Hall–Kier alpha value is -5.96. The van der Waals surface area contributed by atoms with Gasteiger partial charge in [-0.15, -0.1) is 45.3 Å². The molecule has 0 spiro atoms. The summed E-state index contributed by atoms with van der Waals surface area (Å²) in [5.74, 6) is -18.1. The summed E-state index contributed by atoms with van der Waals surface area (Å²) in [6, 6.07) is 14.2. The fraction of sp³-hybridized carbons (Fsp3) is 0. The zero-order valence-corrected chi connectivity index (χ0v) is 30.0. The highest BCUT2D eigenvalue weighted by Gasteiger charge is 2.30. The lowest BCUT2D eigenvalue weighted by molar-refractivity contribution is 0.101. The number of halogens is 8. The van der Waals surface area contributed by atoms with Crippen LogP contribution in [-0.4, -0.2) is 41.5 Å². The molecule has 0 unspecified atom stereocenters. The van der Waals surface area contributed by atoms with Crippen molar-refractivity contribution in [2.24, 2.45) is 0 Å². The van der Waals surface area contributed by atoms with Gasteiger partial charge < -0.3 is 0 Å². The zero-order chi connectivity index (χ0) is 38.9. The van der Waals surface area contributed by atoms with Crippen molar-refractivity contribution < 1.29 is 44.7 Å². The maximum atomic E-state index is 14.3. The predicted molar refractivity (Wildman–Crippen MR) is 195 cm³/mol. The Morgan fingerprint density at radius 1 is 0.375 bits per heavy atom. The number of rotatable bonds is 5. The van der Waals surface area contributed by atoms with Gasteiger partial charge in [0.15, 0.2) is 43.3 Å². The smallest absolute Gasteiger partial charge is 0.252 e. The third-order valence-electron chi connectivity index (χ3n) is 8.73. The van der Waals surface area contributed by atoms with Crippen LogP contribution >= 0.6 is 45.3 Å². The van der Waals surface area contributed by atoms with Gasteiger partial charge in [-0.25, -0.2) is 37.5 Å². The highest BCUT2D eigenvalue weighted by atomic mass is 32.1. The Bertz CT molecular complexity index is 3020. The maximum Gasteiger partial charge on any atom is 0.252 e. The molecular weight excluding hydrogens is 829 g/mol. The van der Waals surface area contributed by atoms with Crippen molar-refractivity contribution in [3.63, 3.8) is 0 Å². The van der Waals surface area contributed by atoms with E-state index in [-0.39, 0.29) is 10.0 Å². The molecule has 4 aromatic carbocycles. The number of hydrogen-bond acceptors (Lipinski definition) is 12. The number of pyridine rings is 2. The fourth-order valence-corrected chi connectivity index (χ4v) is 10.0. The van der Waals surface area contributed by atoms with E-state index in [9.17, 15) is 44.7 Å². The Kier molecular flexibility index (Phi) is 7.56. The second kappa shape index (κ2) is 12.3. The lowest BCUT2D eigenvalue weighted by Crippen LogP contribution is -2.13. The van der Waals surface area contributed by atoms with Crippen molar-refractivity contribution in [1.82, 2.24) is 29.9 Å². The molecule has 0 fully saturated rings. The molecule has 20 heteroatoms. The second-order valence-electron chi connectivity index (χ2n) is 12.1. The maximum absolute atomic E-state index is 14.3. The third-order valence-corrected chi connectivity index (χ3v) is 12.9. The molecule has 0 amide bonds. The molecule has 56 heavy (non-hydrogen) atoms. The van der Waals surface area contributed by atoms with Gasteiger partial charge in [0.1, 0.15) is 11.1 Å². The average molecular weight is 837 g/mol. The average Bonchev–Trinajstić information content (AvgIpc) is 3.96. The number of fused-ring (bicyclic) bond motifs is 6. The number of hydrogen-bond donors (Lipinski definition) is 0. The SMILES string of the molecule is O=C(c1nc2cc3cc4sc(-c5nc6cc7cc8sc(C(=O)c9c(F)c(F)nc(F)c9F)nc8cc7cc6s5)nc4cc3cc2s1)c1c(F)c(F)nc(F)c1F. The summed E-state index contributed by atoms with van der Waals surface area (Å²) in [6.45, 7) is 0. The largest absolute Gasteiger partial charge is 0.286 e. The molecule has 10 aromatic rings. The summed E-state index contributed by atoms with van der Waals surface area (Å²) in [4.78, 5) is 48.7. The van der Waals surface area contributed by atoms with E-state index < -0.39 is 69.8 Å². The summed E-state index contributed by atoms with van der Waals surface area (Å²) >= 11 is 4.35. The molecule has 0 atom stereocenters. The van der Waals surface area contributed by atoms with Crippen molar-refractivity contribution >= 4 is 119 Å². The molecule has 6 aromatic heterocycles. The lowest BCUT2D eigenvalue weighted by Gasteiger charge is -2.03. The van der Waals surface area contributed by atoms with Gasteiger partial charge in [-0.05, 0) is 70.1 Å². The van der Waals surface area contributed by atoms with Crippen molar-refractivity contribution in [3.05, 3.63) is 117 Å². The van der Waals surface area contributed by atoms with Crippen molar-refractivity contribution in [1.29, 1.82) is 0 Å². The van der Waals surface area contributed by atoms with Crippen LogP contribution in [0.25, 0.3) is 72.4 Å². The summed E-state index contributed by atoms with van der Waals surface area (Å²) in [5, 5.41) is 3.38. The highest BCUT2D eigenvalue weighted by molar-refractivity contribution is 7.27. The van der Waals surface area contributed by atoms with Crippen LogP contribution < -0.4 is 0 Å². The van der Waals surface area contributed by atoms with Gasteiger partial charge in [0.05, 0.1) is 40.9 Å². The number of carbonyl (C=O) groups excluding carboxylic acids is 2. The van der Waals surface area contributed by atoms with E-state index in [0.717, 1.165) is 32.1 Å². The molecular formula is C36H8F8N6O2S4. The molecule has 274 valence electrons. The molecule has 0 saturated carbocycles. The monoisotopic (exact) mass is 836 g/mol. The first-order chi connectivity index (χ1) is 26.8. The molecule has 0 aliphatic rings. The van der Waals surface area contributed by atoms with Crippen LogP contribution in [0.1, 0.15) is 30.7 Å². The number of benzene rings is 4. The van der Waals surface area contributed by atoms with Gasteiger partial charge >= 0.3 is 0 Å². The van der Waals surface area contributed by atoms with E-state index in [0.29, 0.717) is 63.0 Å². The molecule has 0 N–H and O–H groups in total. The first-order valence-corrected chi connectivity index (χ1v) is 18.9. The van der Waals surface area contributed by atoms with Crippen LogP contribution in [0.4, 0.5) is 35.1 Å². The summed E-state index contributed by atoms with van der Waals surface area (Å²) in [7, 11) is 0. The van der Waals surface area contributed by atoms with Crippen LogP contribution in [0.3, 0.4) is 0 Å². The number of ketones is 2. The molecule has 0 radical (unpaired) electrons. The first kappa shape index (κ1) is 34.5. The number of thiazole rings is 4. The summed E-state index contributed by atoms with van der Waals surface area (Å²) in [6.07, 6.45) is 0. The Morgan fingerprint density at radius 3 is 0.982 bits per heavy atom. The van der Waals surface area contributed by atoms with Gasteiger partial charge in [-0.1, -0.05) is 0 Å². The molecule has 6 heterocycles. The Balaban J connectivity index is 0.976. The number of carbonyl (C=O) groups is 2. The first-order valence-electron chi connectivity index (χ1n) is 15.6. The van der Waals surface area contributed by atoms with Gasteiger partial charge in [-0.3, -0.25) is 9.59 Å². The Morgan fingerprint density at radius 2 is 0.661 bits per heavy atom. The van der Waals surface area contributed by atoms with Crippen molar-refractivity contribution in [2.45, 2.75) is 0 Å². The zero-order valence-electron chi connectivity index (χ0n) is 26.8. The van der Waals surface area contributed by atoms with Gasteiger partial charge in [0, 0.05) is 0 Å². The second-order valence-corrected chi connectivity index (χ2v) is 16.2. The lowest BCUT2D eigenvalue weighted by atomic mass is 10.1. The molecule has 8 nitrogen and oxygen atoms in total. The Labute approximate surface area is 319 Å². The summed E-state index contributed by atoms with van der Waals surface area (Å²) in [5.41, 5.74) is -0.910. The normalized spacial score (nSPS) is 12.1. The van der Waals surface area contributed by atoms with Gasteiger partial charge in [-0.2, -0.15) is 27.5 Å². The van der Waals surface area contributed by atoms with Crippen LogP contribution in [0.15, 0.2) is 48.5 Å². The predicted octanol–water partition coefficient (Wildman–Crippen LogP) is 10.5. The summed E-state index contributed by atoms with van der Waals surface area (Å²) < 4.78 is 114. The van der Waals surface area contributed by atoms with Crippen molar-refractivity contribution in [3.8, 4) is 10.0 Å².